The molecular formula is C17H23NO2. The van der Waals surface area contributed by atoms with Gasteiger partial charge in [-0.25, -0.2) is 0 Å². The zero-order valence-electron chi connectivity index (χ0n) is 12.4. The Bertz CT molecular complexity index is 566. The number of fused-ring (bicyclic) bond motifs is 1. The first-order valence-electron chi connectivity index (χ1n) is 7.19. The van der Waals surface area contributed by atoms with Crippen molar-refractivity contribution >= 4 is 10.8 Å². The first kappa shape index (κ1) is 14.8. The highest BCUT2D eigenvalue weighted by atomic mass is 16.5. The number of aliphatic hydroxyl groups is 1. The maximum Gasteiger partial charge on any atom is 0.124 e. The molecule has 20 heavy (non-hydrogen) atoms. The number of benzene rings is 2. The third-order valence-corrected chi connectivity index (χ3v) is 3.54. The highest BCUT2D eigenvalue weighted by Crippen LogP contribution is 2.29. The molecule has 0 aliphatic rings. The predicted molar refractivity (Wildman–Crippen MR) is 83.1 cm³/mol. The van der Waals surface area contributed by atoms with Gasteiger partial charge in [-0.2, -0.15) is 0 Å². The van der Waals surface area contributed by atoms with Gasteiger partial charge in [-0.1, -0.05) is 37.3 Å². The molecule has 0 amide bonds. The highest BCUT2D eigenvalue weighted by molar-refractivity contribution is 5.87. The van der Waals surface area contributed by atoms with E-state index in [1.807, 2.05) is 25.1 Å². The van der Waals surface area contributed by atoms with Gasteiger partial charge in [0, 0.05) is 12.1 Å². The minimum atomic E-state index is -0.492. The van der Waals surface area contributed by atoms with Gasteiger partial charge >= 0.3 is 0 Å². The quantitative estimate of drug-likeness (QED) is 0.850. The van der Waals surface area contributed by atoms with E-state index in [1.165, 1.54) is 10.8 Å². The van der Waals surface area contributed by atoms with Crippen LogP contribution in [-0.4, -0.2) is 23.9 Å². The zero-order chi connectivity index (χ0) is 14.5. The van der Waals surface area contributed by atoms with Gasteiger partial charge in [0.15, 0.2) is 0 Å². The minimum absolute atomic E-state index is 0.225. The molecule has 0 aromatic heterocycles. The van der Waals surface area contributed by atoms with Crippen molar-refractivity contribution in [1.82, 2.24) is 5.32 Å². The minimum Gasteiger partial charge on any atom is -0.488 e. The Hall–Kier alpha value is -1.58. The predicted octanol–water partition coefficient (Wildman–Crippen LogP) is 3.10. The lowest BCUT2D eigenvalue weighted by atomic mass is 10.0. The van der Waals surface area contributed by atoms with E-state index in [2.05, 4.69) is 30.4 Å². The lowest BCUT2D eigenvalue weighted by Crippen LogP contribution is -2.26. The maximum absolute atomic E-state index is 9.62. The van der Waals surface area contributed by atoms with E-state index in [9.17, 15) is 5.11 Å². The Kier molecular flexibility index (Phi) is 4.99. The number of nitrogens with one attached hydrogen (secondary N) is 1. The van der Waals surface area contributed by atoms with Gasteiger partial charge in [-0.15, -0.1) is 0 Å². The first-order chi connectivity index (χ1) is 9.63. The van der Waals surface area contributed by atoms with Crippen molar-refractivity contribution in [3.63, 3.8) is 0 Å². The number of rotatable bonds is 6. The van der Waals surface area contributed by atoms with Crippen molar-refractivity contribution in [2.24, 2.45) is 0 Å². The molecule has 0 aliphatic heterocycles. The van der Waals surface area contributed by atoms with E-state index in [4.69, 9.17) is 4.74 Å². The van der Waals surface area contributed by atoms with Gasteiger partial charge < -0.3 is 15.2 Å². The summed E-state index contributed by atoms with van der Waals surface area (Å²) in [5.41, 5.74) is 1.15. The van der Waals surface area contributed by atoms with E-state index in [0.29, 0.717) is 0 Å². The summed E-state index contributed by atoms with van der Waals surface area (Å²) in [5.74, 6) is 0.845. The second-order valence-electron chi connectivity index (χ2n) is 5.11. The van der Waals surface area contributed by atoms with E-state index >= 15 is 0 Å². The molecule has 0 heterocycles. The van der Waals surface area contributed by atoms with Gasteiger partial charge in [0.25, 0.3) is 0 Å². The van der Waals surface area contributed by atoms with E-state index in [0.717, 1.165) is 24.4 Å². The third-order valence-electron chi connectivity index (χ3n) is 3.54. The van der Waals surface area contributed by atoms with Crippen LogP contribution in [0.15, 0.2) is 36.4 Å². The van der Waals surface area contributed by atoms with Crippen LogP contribution in [0.4, 0.5) is 0 Å². The normalized spacial score (nSPS) is 14.2. The summed E-state index contributed by atoms with van der Waals surface area (Å²) in [6, 6.07) is 12.4. The van der Waals surface area contributed by atoms with Crippen LogP contribution in [0, 0.1) is 0 Å². The molecule has 0 fully saturated rings. The molecule has 2 N–H and O–H groups in total. The molecule has 0 saturated carbocycles. The summed E-state index contributed by atoms with van der Waals surface area (Å²) in [7, 11) is 0. The van der Waals surface area contributed by atoms with Gasteiger partial charge in [0.1, 0.15) is 11.9 Å². The SMILES string of the molecule is CCNCc1c(OC(C)C(C)O)ccc2ccccc12. The summed E-state index contributed by atoms with van der Waals surface area (Å²) in [6.07, 6.45) is -0.718. The summed E-state index contributed by atoms with van der Waals surface area (Å²) in [6.45, 7) is 7.39. The lowest BCUT2D eigenvalue weighted by Gasteiger charge is -2.21. The fraction of sp³-hybridized carbons (Fsp3) is 0.412. The molecule has 2 rings (SSSR count). The Morgan fingerprint density at radius 3 is 2.60 bits per heavy atom. The van der Waals surface area contributed by atoms with E-state index in [-0.39, 0.29) is 6.10 Å². The summed E-state index contributed by atoms with van der Waals surface area (Å²) in [4.78, 5) is 0. The summed E-state index contributed by atoms with van der Waals surface area (Å²) >= 11 is 0. The Morgan fingerprint density at radius 2 is 1.90 bits per heavy atom. The largest absolute Gasteiger partial charge is 0.488 e. The third kappa shape index (κ3) is 3.30. The summed E-state index contributed by atoms with van der Waals surface area (Å²) in [5, 5.41) is 15.4. The monoisotopic (exact) mass is 273 g/mol. The topological polar surface area (TPSA) is 41.5 Å². The van der Waals surface area contributed by atoms with Crippen LogP contribution in [0.3, 0.4) is 0 Å². The van der Waals surface area contributed by atoms with E-state index < -0.39 is 6.10 Å². The van der Waals surface area contributed by atoms with Crippen LogP contribution in [-0.2, 0) is 6.54 Å². The summed E-state index contributed by atoms with van der Waals surface area (Å²) < 4.78 is 5.92. The van der Waals surface area contributed by atoms with Crippen LogP contribution >= 0.6 is 0 Å². The van der Waals surface area contributed by atoms with Crippen molar-refractivity contribution in [1.29, 1.82) is 0 Å². The van der Waals surface area contributed by atoms with Crippen molar-refractivity contribution in [2.45, 2.75) is 39.5 Å². The average Bonchev–Trinajstić information content (AvgIpc) is 2.45. The maximum atomic E-state index is 9.62. The molecule has 2 unspecified atom stereocenters. The second-order valence-corrected chi connectivity index (χ2v) is 5.11. The Balaban J connectivity index is 2.41. The molecule has 0 radical (unpaired) electrons. The molecule has 0 bridgehead atoms. The van der Waals surface area contributed by atoms with Crippen LogP contribution in [0.5, 0.6) is 5.75 Å². The van der Waals surface area contributed by atoms with Gasteiger partial charge in [0.2, 0.25) is 0 Å². The van der Waals surface area contributed by atoms with E-state index in [1.54, 1.807) is 6.92 Å². The molecule has 0 spiro atoms. The number of aliphatic hydroxyl groups excluding tert-OH is 1. The second kappa shape index (κ2) is 6.73. The molecular weight excluding hydrogens is 250 g/mol. The van der Waals surface area contributed by atoms with Crippen LogP contribution < -0.4 is 10.1 Å². The Labute approximate surface area is 120 Å². The molecule has 108 valence electrons. The molecule has 2 aromatic rings. The number of hydrogen-bond acceptors (Lipinski definition) is 3. The average molecular weight is 273 g/mol. The zero-order valence-corrected chi connectivity index (χ0v) is 12.4. The molecule has 0 aliphatic carbocycles. The molecule has 3 nitrogen and oxygen atoms in total. The van der Waals surface area contributed by atoms with Crippen molar-refractivity contribution in [2.75, 3.05) is 6.54 Å². The smallest absolute Gasteiger partial charge is 0.124 e. The number of ether oxygens (including phenoxy) is 1. The highest BCUT2D eigenvalue weighted by Gasteiger charge is 2.14. The fourth-order valence-corrected chi connectivity index (χ4v) is 2.16. The van der Waals surface area contributed by atoms with Crippen molar-refractivity contribution in [3.8, 4) is 5.75 Å². The van der Waals surface area contributed by atoms with Crippen molar-refractivity contribution < 1.29 is 9.84 Å². The molecule has 0 saturated heterocycles. The number of hydrogen-bond donors (Lipinski definition) is 2. The van der Waals surface area contributed by atoms with Gasteiger partial charge in [-0.3, -0.25) is 0 Å². The fourth-order valence-electron chi connectivity index (χ4n) is 2.16. The standard InChI is InChI=1S/C17H23NO2/c1-4-18-11-16-15-8-6-5-7-14(15)9-10-17(16)20-13(3)12(2)19/h5-10,12-13,18-19H,4,11H2,1-3H3. The van der Waals surface area contributed by atoms with Gasteiger partial charge in [0.05, 0.1) is 6.10 Å². The molecule has 2 aromatic carbocycles. The lowest BCUT2D eigenvalue weighted by molar-refractivity contribution is 0.0599. The first-order valence-corrected chi connectivity index (χ1v) is 7.19. The molecule has 3 heteroatoms. The van der Waals surface area contributed by atoms with Crippen LogP contribution in [0.1, 0.15) is 26.3 Å². The van der Waals surface area contributed by atoms with Crippen LogP contribution in [0.2, 0.25) is 0 Å². The Morgan fingerprint density at radius 1 is 1.15 bits per heavy atom. The van der Waals surface area contributed by atoms with Gasteiger partial charge in [-0.05, 0) is 37.2 Å². The molecule has 2 atom stereocenters. The van der Waals surface area contributed by atoms with Crippen molar-refractivity contribution in [3.05, 3.63) is 42.0 Å². The van der Waals surface area contributed by atoms with Crippen LogP contribution in [0.25, 0.3) is 10.8 Å².